The second-order valence-corrected chi connectivity index (χ2v) is 11.5. The number of halogens is 1. The van der Waals surface area contributed by atoms with Crippen molar-refractivity contribution in [3.8, 4) is 0 Å². The van der Waals surface area contributed by atoms with E-state index in [0.29, 0.717) is 29.2 Å². The Labute approximate surface area is 220 Å². The average molecular weight is 536 g/mol. The van der Waals surface area contributed by atoms with Crippen LogP contribution in [-0.2, 0) is 26.2 Å². The average Bonchev–Trinajstić information content (AvgIpc) is 2.83. The smallest absolute Gasteiger partial charge is 0.244 e. The molecule has 1 atom stereocenters. The zero-order valence-corrected chi connectivity index (χ0v) is 23.4. The molecule has 0 bridgehead atoms. The molecule has 0 fully saturated rings. The van der Waals surface area contributed by atoms with Gasteiger partial charge in [-0.15, -0.1) is 0 Å². The number of rotatable bonds is 13. The van der Waals surface area contributed by atoms with Crippen LogP contribution in [0.2, 0.25) is 5.02 Å². The molecule has 0 unspecified atom stereocenters. The molecule has 0 aliphatic rings. The number of sulfonamides is 1. The summed E-state index contributed by atoms with van der Waals surface area (Å²) >= 11 is 6.37. The van der Waals surface area contributed by atoms with Crippen molar-refractivity contribution in [1.29, 1.82) is 0 Å². The van der Waals surface area contributed by atoms with E-state index in [1.54, 1.807) is 30.3 Å². The molecule has 7 nitrogen and oxygen atoms in total. The Morgan fingerprint density at radius 1 is 1.03 bits per heavy atom. The van der Waals surface area contributed by atoms with E-state index in [4.69, 9.17) is 11.6 Å². The predicted molar refractivity (Wildman–Crippen MR) is 147 cm³/mol. The summed E-state index contributed by atoms with van der Waals surface area (Å²) in [6, 6.07) is 13.5. The number of hydrogen-bond acceptors (Lipinski definition) is 4. The number of hydrogen-bond donors (Lipinski definition) is 1. The van der Waals surface area contributed by atoms with Crippen LogP contribution in [0.5, 0.6) is 0 Å². The molecule has 0 aliphatic carbocycles. The fourth-order valence-corrected chi connectivity index (χ4v) is 4.92. The number of unbranched alkanes of at least 4 members (excludes halogenated alkanes) is 1. The first-order chi connectivity index (χ1) is 17.0. The quantitative estimate of drug-likeness (QED) is 0.367. The summed E-state index contributed by atoms with van der Waals surface area (Å²) in [6.45, 7) is 8.13. The molecule has 2 amide bonds. The zero-order valence-electron chi connectivity index (χ0n) is 21.8. The van der Waals surface area contributed by atoms with Crippen LogP contribution in [0.4, 0.5) is 5.69 Å². The van der Waals surface area contributed by atoms with Crippen LogP contribution in [0.25, 0.3) is 0 Å². The van der Waals surface area contributed by atoms with E-state index in [0.717, 1.165) is 29.0 Å². The van der Waals surface area contributed by atoms with Crippen LogP contribution in [0, 0.1) is 0 Å². The molecule has 0 radical (unpaired) electrons. The van der Waals surface area contributed by atoms with Crippen LogP contribution in [-0.4, -0.2) is 50.5 Å². The number of nitrogens with zero attached hydrogens (tertiary/aromatic N) is 2. The third kappa shape index (κ3) is 8.23. The Kier molecular flexibility index (Phi) is 11.2. The van der Waals surface area contributed by atoms with Gasteiger partial charge in [0.25, 0.3) is 0 Å². The molecule has 2 rings (SSSR count). The predicted octanol–water partition coefficient (Wildman–Crippen LogP) is 4.95. The summed E-state index contributed by atoms with van der Waals surface area (Å²) < 4.78 is 26.5. The number of nitrogens with one attached hydrogen (secondary N) is 1. The van der Waals surface area contributed by atoms with Gasteiger partial charge < -0.3 is 10.2 Å². The normalized spacial score (nSPS) is 12.3. The third-order valence-electron chi connectivity index (χ3n) is 6.04. The second kappa shape index (κ2) is 13.7. The fourth-order valence-electron chi connectivity index (χ4n) is 3.88. The molecule has 198 valence electrons. The van der Waals surface area contributed by atoms with Gasteiger partial charge in [-0.05, 0) is 48.1 Å². The molecule has 36 heavy (non-hydrogen) atoms. The van der Waals surface area contributed by atoms with Crippen LogP contribution >= 0.6 is 11.6 Å². The van der Waals surface area contributed by atoms with E-state index in [1.165, 1.54) is 4.90 Å². The zero-order chi connectivity index (χ0) is 26.9. The van der Waals surface area contributed by atoms with E-state index in [9.17, 15) is 18.0 Å². The Morgan fingerprint density at radius 2 is 1.67 bits per heavy atom. The van der Waals surface area contributed by atoms with Gasteiger partial charge in [0.1, 0.15) is 12.6 Å². The first-order valence-corrected chi connectivity index (χ1v) is 14.6. The maximum absolute atomic E-state index is 13.7. The van der Waals surface area contributed by atoms with Crippen molar-refractivity contribution in [1.82, 2.24) is 10.2 Å². The summed E-state index contributed by atoms with van der Waals surface area (Å²) in [7, 11) is -3.77. The topological polar surface area (TPSA) is 86.8 Å². The Balaban J connectivity index is 2.41. The molecule has 0 aromatic heterocycles. The van der Waals surface area contributed by atoms with Crippen LogP contribution in [0.15, 0.2) is 48.5 Å². The van der Waals surface area contributed by atoms with Gasteiger partial charge in [0.05, 0.1) is 11.9 Å². The van der Waals surface area contributed by atoms with Crippen molar-refractivity contribution in [2.45, 2.75) is 65.5 Å². The van der Waals surface area contributed by atoms with Crippen molar-refractivity contribution < 1.29 is 18.0 Å². The van der Waals surface area contributed by atoms with Crippen molar-refractivity contribution in [2.24, 2.45) is 0 Å². The second-order valence-electron chi connectivity index (χ2n) is 9.20. The van der Waals surface area contributed by atoms with Gasteiger partial charge in [0.2, 0.25) is 21.8 Å². The van der Waals surface area contributed by atoms with Crippen molar-refractivity contribution in [2.75, 3.05) is 23.7 Å². The lowest BCUT2D eigenvalue weighted by Gasteiger charge is -2.33. The van der Waals surface area contributed by atoms with Gasteiger partial charge >= 0.3 is 0 Å². The van der Waals surface area contributed by atoms with Gasteiger partial charge in [-0.25, -0.2) is 8.42 Å². The Hall–Kier alpha value is -2.58. The van der Waals surface area contributed by atoms with Gasteiger partial charge in [0.15, 0.2) is 0 Å². The van der Waals surface area contributed by atoms with Crippen molar-refractivity contribution >= 4 is 39.1 Å². The fraction of sp³-hybridized carbons (Fsp3) is 0.481. The van der Waals surface area contributed by atoms with Gasteiger partial charge in [0, 0.05) is 18.1 Å². The molecule has 0 heterocycles. The van der Waals surface area contributed by atoms with E-state index >= 15 is 0 Å². The van der Waals surface area contributed by atoms with Crippen LogP contribution < -0.4 is 9.62 Å². The molecule has 0 saturated carbocycles. The summed E-state index contributed by atoms with van der Waals surface area (Å²) in [4.78, 5) is 28.2. The Morgan fingerprint density at radius 3 is 2.19 bits per heavy atom. The van der Waals surface area contributed by atoms with Crippen LogP contribution in [0.1, 0.15) is 64.0 Å². The monoisotopic (exact) mass is 535 g/mol. The molecule has 1 N–H and O–H groups in total. The molecular formula is C27H38ClN3O4S. The SMILES string of the molecule is CCCCNC(=O)[C@H](CC)N(Cc1ccccc1Cl)C(=O)CN(c1ccc(C(C)C)cc1)S(C)(=O)=O. The maximum atomic E-state index is 13.7. The molecule has 9 heteroatoms. The highest BCUT2D eigenvalue weighted by Gasteiger charge is 2.32. The molecule has 2 aromatic rings. The molecule has 0 spiro atoms. The van der Waals surface area contributed by atoms with E-state index in [2.05, 4.69) is 19.2 Å². The number of anilines is 1. The maximum Gasteiger partial charge on any atom is 0.244 e. The van der Waals surface area contributed by atoms with E-state index < -0.39 is 28.5 Å². The first kappa shape index (κ1) is 29.6. The minimum Gasteiger partial charge on any atom is -0.354 e. The summed E-state index contributed by atoms with van der Waals surface area (Å²) in [5.41, 5.74) is 2.14. The van der Waals surface area contributed by atoms with E-state index in [1.807, 2.05) is 32.0 Å². The number of amides is 2. The molecule has 0 saturated heterocycles. The lowest BCUT2D eigenvalue weighted by atomic mass is 10.0. The van der Waals surface area contributed by atoms with Crippen LogP contribution in [0.3, 0.4) is 0 Å². The number of carbonyl (C=O) groups is 2. The van der Waals surface area contributed by atoms with Gasteiger partial charge in [-0.1, -0.05) is 76.0 Å². The molecule has 2 aromatic carbocycles. The largest absolute Gasteiger partial charge is 0.354 e. The summed E-state index contributed by atoms with van der Waals surface area (Å²) in [6.07, 6.45) is 3.20. The van der Waals surface area contributed by atoms with Crippen molar-refractivity contribution in [3.05, 3.63) is 64.7 Å². The minimum atomic E-state index is -3.77. The Bertz CT molecular complexity index is 1120. The van der Waals surface area contributed by atoms with Crippen molar-refractivity contribution in [3.63, 3.8) is 0 Å². The molecular weight excluding hydrogens is 498 g/mol. The summed E-state index contributed by atoms with van der Waals surface area (Å²) in [5.74, 6) is -0.459. The standard InChI is InChI=1S/C27H38ClN3O4S/c1-6-8-17-29-27(33)25(7-2)30(18-22-11-9-10-12-24(22)28)26(32)19-31(36(5,34)35)23-15-13-21(14-16-23)20(3)4/h9-16,20,25H,6-8,17-19H2,1-5H3,(H,29,33)/t25-/m0/s1. The third-order valence-corrected chi connectivity index (χ3v) is 7.55. The molecule has 0 aliphatic heterocycles. The van der Waals surface area contributed by atoms with E-state index in [-0.39, 0.29) is 18.4 Å². The highest BCUT2D eigenvalue weighted by molar-refractivity contribution is 7.92. The lowest BCUT2D eigenvalue weighted by molar-refractivity contribution is -0.140. The highest BCUT2D eigenvalue weighted by atomic mass is 35.5. The van der Waals surface area contributed by atoms with Gasteiger partial charge in [-0.3, -0.25) is 13.9 Å². The van der Waals surface area contributed by atoms with Gasteiger partial charge in [-0.2, -0.15) is 0 Å². The lowest BCUT2D eigenvalue weighted by Crippen LogP contribution is -2.52. The number of benzene rings is 2. The highest BCUT2D eigenvalue weighted by Crippen LogP contribution is 2.24. The minimum absolute atomic E-state index is 0.0854. The number of carbonyl (C=O) groups excluding carboxylic acids is 2. The summed E-state index contributed by atoms with van der Waals surface area (Å²) in [5, 5.41) is 3.38. The first-order valence-electron chi connectivity index (χ1n) is 12.4.